The van der Waals surface area contributed by atoms with Crippen molar-refractivity contribution in [3.63, 3.8) is 0 Å². The highest BCUT2D eigenvalue weighted by Crippen LogP contribution is 2.42. The van der Waals surface area contributed by atoms with E-state index in [2.05, 4.69) is 42.5 Å². The highest BCUT2D eigenvalue weighted by atomic mass is 16.3. The molecule has 0 radical (unpaired) electrons. The largest absolute Gasteiger partial charge is 0.384 e. The molecule has 1 N–H and O–H groups in total. The van der Waals surface area contributed by atoms with Crippen molar-refractivity contribution in [3.8, 4) is 0 Å². The van der Waals surface area contributed by atoms with E-state index in [-0.39, 0.29) is 0 Å². The van der Waals surface area contributed by atoms with Crippen LogP contribution >= 0.6 is 0 Å². The Balaban J connectivity index is 1.62. The minimum Gasteiger partial charge on any atom is -0.384 e. The lowest BCUT2D eigenvalue weighted by Gasteiger charge is -2.29. The van der Waals surface area contributed by atoms with Gasteiger partial charge in [-0.05, 0) is 59.8 Å². The summed E-state index contributed by atoms with van der Waals surface area (Å²) in [7, 11) is 0. The Morgan fingerprint density at radius 3 is 2.14 bits per heavy atom. The highest BCUT2D eigenvalue weighted by Gasteiger charge is 2.26. The summed E-state index contributed by atoms with van der Waals surface area (Å²) in [5.74, 6) is 1.43. The fraction of sp³-hybridized carbons (Fsp3) is 0.400. The molecule has 2 saturated carbocycles. The Morgan fingerprint density at radius 2 is 1.52 bits per heavy atom. The van der Waals surface area contributed by atoms with E-state index in [1.807, 2.05) is 6.07 Å². The summed E-state index contributed by atoms with van der Waals surface area (Å²) in [5.41, 5.74) is 4.90. The molecule has 1 heteroatoms. The predicted octanol–water partition coefficient (Wildman–Crippen LogP) is 4.91. The summed E-state index contributed by atoms with van der Waals surface area (Å²) in [4.78, 5) is 0. The Bertz CT molecular complexity index is 621. The fourth-order valence-electron chi connectivity index (χ4n) is 3.40. The maximum Gasteiger partial charge on any atom is 0.104 e. The highest BCUT2D eigenvalue weighted by molar-refractivity contribution is 5.40. The van der Waals surface area contributed by atoms with Gasteiger partial charge in [-0.15, -0.1) is 0 Å². The van der Waals surface area contributed by atoms with Gasteiger partial charge in [-0.3, -0.25) is 0 Å². The first-order valence-corrected chi connectivity index (χ1v) is 8.19. The quantitative estimate of drug-likeness (QED) is 0.842. The van der Waals surface area contributed by atoms with Gasteiger partial charge >= 0.3 is 0 Å². The second-order valence-corrected chi connectivity index (χ2v) is 6.60. The van der Waals surface area contributed by atoms with E-state index in [0.717, 1.165) is 17.0 Å². The lowest BCUT2D eigenvalue weighted by Crippen LogP contribution is -2.13. The topological polar surface area (TPSA) is 20.2 Å². The summed E-state index contributed by atoms with van der Waals surface area (Å²) in [5, 5.41) is 10.8. The van der Waals surface area contributed by atoms with Gasteiger partial charge in [0, 0.05) is 0 Å². The summed E-state index contributed by atoms with van der Waals surface area (Å²) in [6.07, 6.45) is 6.02. The number of aliphatic hydroxyl groups is 1. The zero-order valence-corrected chi connectivity index (χ0v) is 12.3. The van der Waals surface area contributed by atoms with E-state index in [4.69, 9.17) is 0 Å². The maximum atomic E-state index is 10.8. The Hall–Kier alpha value is -1.60. The minimum absolute atomic E-state index is 0.491. The molecule has 4 rings (SSSR count). The Morgan fingerprint density at radius 1 is 0.810 bits per heavy atom. The summed E-state index contributed by atoms with van der Waals surface area (Å²) < 4.78 is 0. The summed E-state index contributed by atoms with van der Waals surface area (Å²) in [6, 6.07) is 17.0. The number of hydrogen-bond donors (Lipinski definition) is 1. The lowest BCUT2D eigenvalue weighted by molar-refractivity contribution is 0.217. The van der Waals surface area contributed by atoms with Crippen molar-refractivity contribution in [3.05, 3.63) is 70.8 Å². The molecule has 2 aliphatic carbocycles. The van der Waals surface area contributed by atoms with E-state index in [1.165, 1.54) is 43.2 Å². The first-order valence-electron chi connectivity index (χ1n) is 8.19. The van der Waals surface area contributed by atoms with Crippen LogP contribution in [0.15, 0.2) is 48.5 Å². The molecule has 21 heavy (non-hydrogen) atoms. The number of hydrogen-bond acceptors (Lipinski definition) is 1. The van der Waals surface area contributed by atoms with Gasteiger partial charge in [0.05, 0.1) is 0 Å². The maximum absolute atomic E-state index is 10.8. The molecule has 2 aliphatic rings. The number of aliphatic hydroxyl groups excluding tert-OH is 1. The van der Waals surface area contributed by atoms with Crippen LogP contribution in [0, 0.1) is 0 Å². The van der Waals surface area contributed by atoms with Crippen LogP contribution in [0.25, 0.3) is 0 Å². The zero-order chi connectivity index (χ0) is 14.2. The normalized spacial score (nSPS) is 20.0. The second kappa shape index (κ2) is 5.31. The number of rotatable bonds is 4. The van der Waals surface area contributed by atoms with E-state index < -0.39 is 6.10 Å². The van der Waals surface area contributed by atoms with Crippen LogP contribution in [0.1, 0.15) is 72.3 Å². The second-order valence-electron chi connectivity index (χ2n) is 6.60. The van der Waals surface area contributed by atoms with Gasteiger partial charge in [0.1, 0.15) is 6.10 Å². The molecule has 108 valence electrons. The molecule has 0 amide bonds. The van der Waals surface area contributed by atoms with Crippen LogP contribution < -0.4 is 0 Å². The van der Waals surface area contributed by atoms with Crippen LogP contribution in [0.2, 0.25) is 0 Å². The molecule has 1 unspecified atom stereocenters. The third-order valence-corrected chi connectivity index (χ3v) is 5.14. The van der Waals surface area contributed by atoms with Gasteiger partial charge in [0.2, 0.25) is 0 Å². The molecule has 1 atom stereocenters. The van der Waals surface area contributed by atoms with Crippen LogP contribution in [0.4, 0.5) is 0 Å². The summed E-state index contributed by atoms with van der Waals surface area (Å²) in [6.45, 7) is 0. The van der Waals surface area contributed by atoms with E-state index in [0.29, 0.717) is 5.92 Å². The van der Waals surface area contributed by atoms with Crippen molar-refractivity contribution in [2.45, 2.75) is 50.0 Å². The predicted molar refractivity (Wildman–Crippen MR) is 85.5 cm³/mol. The zero-order valence-electron chi connectivity index (χ0n) is 12.3. The van der Waals surface area contributed by atoms with E-state index in [1.54, 1.807) is 0 Å². The average Bonchev–Trinajstić information content (AvgIpc) is 3.30. The SMILES string of the molecule is OC(c1ccc(C2CC2)cc1)c1ccccc1C1CCC1. The van der Waals surface area contributed by atoms with Gasteiger partial charge in [-0.25, -0.2) is 0 Å². The Labute approximate surface area is 126 Å². The van der Waals surface area contributed by atoms with Crippen LogP contribution in [0.3, 0.4) is 0 Å². The Kier molecular flexibility index (Phi) is 3.31. The smallest absolute Gasteiger partial charge is 0.104 e. The molecular weight excluding hydrogens is 256 g/mol. The molecule has 2 aromatic rings. The van der Waals surface area contributed by atoms with Crippen molar-refractivity contribution in [1.82, 2.24) is 0 Å². The molecule has 0 spiro atoms. The molecule has 2 aromatic carbocycles. The van der Waals surface area contributed by atoms with Crippen LogP contribution in [-0.4, -0.2) is 5.11 Å². The molecule has 0 heterocycles. The van der Waals surface area contributed by atoms with Gasteiger partial charge in [0.15, 0.2) is 0 Å². The molecule has 0 saturated heterocycles. The van der Waals surface area contributed by atoms with Crippen LogP contribution in [0.5, 0.6) is 0 Å². The van der Waals surface area contributed by atoms with Crippen molar-refractivity contribution >= 4 is 0 Å². The van der Waals surface area contributed by atoms with Crippen molar-refractivity contribution in [1.29, 1.82) is 0 Å². The average molecular weight is 278 g/mol. The van der Waals surface area contributed by atoms with Gasteiger partial charge in [-0.2, -0.15) is 0 Å². The first kappa shape index (κ1) is 13.1. The standard InChI is InChI=1S/C20H22O/c21-20(17-12-10-15(11-13-17)14-8-9-14)19-7-2-1-6-18(19)16-4-3-5-16/h1-2,6-7,10-14,16,20-21H,3-5,8-9H2. The lowest BCUT2D eigenvalue weighted by atomic mass is 9.77. The molecule has 0 aromatic heterocycles. The van der Waals surface area contributed by atoms with E-state index in [9.17, 15) is 5.11 Å². The monoisotopic (exact) mass is 278 g/mol. The van der Waals surface area contributed by atoms with Crippen molar-refractivity contribution < 1.29 is 5.11 Å². The first-order chi connectivity index (χ1) is 10.3. The van der Waals surface area contributed by atoms with Crippen molar-refractivity contribution in [2.24, 2.45) is 0 Å². The third kappa shape index (κ3) is 2.51. The molecule has 1 nitrogen and oxygen atoms in total. The van der Waals surface area contributed by atoms with Gasteiger partial charge in [0.25, 0.3) is 0 Å². The fourth-order valence-corrected chi connectivity index (χ4v) is 3.40. The summed E-state index contributed by atoms with van der Waals surface area (Å²) >= 11 is 0. The molecule has 0 aliphatic heterocycles. The van der Waals surface area contributed by atoms with Gasteiger partial charge in [-0.1, -0.05) is 55.0 Å². The molecule has 0 bridgehead atoms. The molecular formula is C20H22O. The third-order valence-electron chi connectivity index (χ3n) is 5.14. The van der Waals surface area contributed by atoms with E-state index >= 15 is 0 Å². The van der Waals surface area contributed by atoms with Crippen LogP contribution in [-0.2, 0) is 0 Å². The van der Waals surface area contributed by atoms with Crippen molar-refractivity contribution in [2.75, 3.05) is 0 Å². The molecule has 2 fully saturated rings. The minimum atomic E-state index is -0.491. The van der Waals surface area contributed by atoms with Gasteiger partial charge < -0.3 is 5.11 Å². The number of benzene rings is 2.